The van der Waals surface area contributed by atoms with Crippen LogP contribution >= 0.6 is 22.6 Å². The molecule has 0 saturated carbocycles. The standard InChI is InChI=1S/C8H16INO2/c1-3-4-5-12-8(11)10-7(2)6-9/h7H,3-6H2,1-2H3,(H,10,11)/t7-/m1/s1. The molecule has 0 rings (SSSR count). The third kappa shape index (κ3) is 6.69. The first-order valence-electron chi connectivity index (χ1n) is 4.20. The van der Waals surface area contributed by atoms with E-state index >= 15 is 0 Å². The number of amides is 1. The van der Waals surface area contributed by atoms with Crippen molar-refractivity contribution in [3.8, 4) is 0 Å². The monoisotopic (exact) mass is 285 g/mol. The van der Waals surface area contributed by atoms with Gasteiger partial charge in [-0.15, -0.1) is 0 Å². The molecule has 0 bridgehead atoms. The Labute approximate surface area is 87.4 Å². The lowest BCUT2D eigenvalue weighted by Gasteiger charge is -2.10. The zero-order valence-electron chi connectivity index (χ0n) is 7.60. The lowest BCUT2D eigenvalue weighted by Crippen LogP contribution is -2.34. The van der Waals surface area contributed by atoms with Crippen molar-refractivity contribution >= 4 is 28.7 Å². The normalized spacial score (nSPS) is 12.2. The third-order valence-corrected chi connectivity index (χ3v) is 2.65. The van der Waals surface area contributed by atoms with E-state index in [1.807, 2.05) is 6.92 Å². The Bertz CT molecular complexity index is 130. The van der Waals surface area contributed by atoms with Gasteiger partial charge in [0.15, 0.2) is 0 Å². The van der Waals surface area contributed by atoms with Gasteiger partial charge in [0, 0.05) is 10.5 Å². The minimum absolute atomic E-state index is 0.194. The van der Waals surface area contributed by atoms with Gasteiger partial charge in [0.05, 0.1) is 6.61 Å². The SMILES string of the molecule is CCCCOC(=O)N[C@H](C)CI. The molecule has 0 fully saturated rings. The molecule has 72 valence electrons. The fourth-order valence-corrected chi connectivity index (χ4v) is 0.811. The Morgan fingerprint density at radius 1 is 1.67 bits per heavy atom. The molecule has 0 aliphatic rings. The van der Waals surface area contributed by atoms with Gasteiger partial charge in [0.2, 0.25) is 0 Å². The largest absolute Gasteiger partial charge is 0.450 e. The molecule has 4 heteroatoms. The van der Waals surface area contributed by atoms with Crippen LogP contribution in [0.2, 0.25) is 0 Å². The fourth-order valence-electron chi connectivity index (χ4n) is 0.591. The molecule has 1 atom stereocenters. The van der Waals surface area contributed by atoms with Crippen LogP contribution in [0.5, 0.6) is 0 Å². The van der Waals surface area contributed by atoms with E-state index in [9.17, 15) is 4.79 Å². The molecule has 12 heavy (non-hydrogen) atoms. The van der Waals surface area contributed by atoms with Gasteiger partial charge in [-0.1, -0.05) is 35.9 Å². The maximum Gasteiger partial charge on any atom is 0.407 e. The molecule has 1 N–H and O–H groups in total. The van der Waals surface area contributed by atoms with Gasteiger partial charge in [-0.05, 0) is 13.3 Å². The first-order valence-corrected chi connectivity index (χ1v) is 5.72. The van der Waals surface area contributed by atoms with Crippen LogP contribution in [0.1, 0.15) is 26.7 Å². The Kier molecular flexibility index (Phi) is 7.64. The average Bonchev–Trinajstić information content (AvgIpc) is 2.05. The topological polar surface area (TPSA) is 38.3 Å². The number of halogens is 1. The van der Waals surface area contributed by atoms with Gasteiger partial charge >= 0.3 is 6.09 Å². The summed E-state index contributed by atoms with van der Waals surface area (Å²) in [7, 11) is 0. The minimum atomic E-state index is -0.299. The van der Waals surface area contributed by atoms with Crippen LogP contribution in [0.25, 0.3) is 0 Å². The first kappa shape index (κ1) is 12.0. The number of carbonyl (C=O) groups excluding carboxylic acids is 1. The highest BCUT2D eigenvalue weighted by Gasteiger charge is 2.05. The molecule has 0 radical (unpaired) electrons. The van der Waals surface area contributed by atoms with Gasteiger partial charge in [-0.25, -0.2) is 4.79 Å². The van der Waals surface area contributed by atoms with E-state index in [1.165, 1.54) is 0 Å². The quantitative estimate of drug-likeness (QED) is 0.478. The van der Waals surface area contributed by atoms with Crippen molar-refractivity contribution in [2.75, 3.05) is 11.0 Å². The van der Waals surface area contributed by atoms with Crippen LogP contribution in [0, 0.1) is 0 Å². The minimum Gasteiger partial charge on any atom is -0.450 e. The molecule has 0 aromatic rings. The zero-order chi connectivity index (χ0) is 9.40. The van der Waals surface area contributed by atoms with Gasteiger partial charge in [-0.2, -0.15) is 0 Å². The molecule has 0 spiro atoms. The molecule has 0 aromatic heterocycles. The Hall–Kier alpha value is 0. The second-order valence-corrected chi connectivity index (χ2v) is 3.57. The molecular weight excluding hydrogens is 269 g/mol. The van der Waals surface area contributed by atoms with E-state index in [1.54, 1.807) is 0 Å². The molecule has 0 aliphatic heterocycles. The predicted octanol–water partition coefficient (Wildman–Crippen LogP) is 2.34. The van der Waals surface area contributed by atoms with E-state index in [2.05, 4.69) is 34.8 Å². The third-order valence-electron chi connectivity index (χ3n) is 1.33. The number of carbonyl (C=O) groups is 1. The van der Waals surface area contributed by atoms with Crippen LogP contribution in [0.15, 0.2) is 0 Å². The molecule has 0 saturated heterocycles. The van der Waals surface area contributed by atoms with Crippen LogP contribution in [-0.4, -0.2) is 23.2 Å². The number of alkyl carbamates (subject to hydrolysis) is 1. The molecule has 0 heterocycles. The number of alkyl halides is 1. The fraction of sp³-hybridized carbons (Fsp3) is 0.875. The van der Waals surface area contributed by atoms with Crippen molar-refractivity contribution < 1.29 is 9.53 Å². The van der Waals surface area contributed by atoms with Crippen LogP contribution in [0.3, 0.4) is 0 Å². The second kappa shape index (κ2) is 7.64. The summed E-state index contributed by atoms with van der Waals surface area (Å²) in [6.45, 7) is 4.54. The van der Waals surface area contributed by atoms with E-state index < -0.39 is 0 Å². The van der Waals surface area contributed by atoms with Gasteiger partial charge < -0.3 is 10.1 Å². The summed E-state index contributed by atoms with van der Waals surface area (Å²) in [5.41, 5.74) is 0. The van der Waals surface area contributed by atoms with Gasteiger partial charge in [0.1, 0.15) is 0 Å². The van der Waals surface area contributed by atoms with Crippen LogP contribution < -0.4 is 5.32 Å². The van der Waals surface area contributed by atoms with Crippen molar-refractivity contribution in [3.05, 3.63) is 0 Å². The summed E-state index contributed by atoms with van der Waals surface area (Å²) in [5.74, 6) is 0. The first-order chi connectivity index (χ1) is 5.70. The number of rotatable bonds is 5. The van der Waals surface area contributed by atoms with Crippen molar-refractivity contribution in [2.24, 2.45) is 0 Å². The van der Waals surface area contributed by atoms with E-state index in [0.717, 1.165) is 17.3 Å². The summed E-state index contributed by atoms with van der Waals surface area (Å²) in [5, 5.41) is 2.72. The summed E-state index contributed by atoms with van der Waals surface area (Å²) < 4.78 is 5.80. The maximum atomic E-state index is 11.0. The predicted molar refractivity (Wildman–Crippen MR) is 57.7 cm³/mol. The Balaban J connectivity index is 3.33. The molecule has 0 aliphatic carbocycles. The van der Waals surface area contributed by atoms with Gasteiger partial charge in [0.25, 0.3) is 0 Å². The number of ether oxygens (including phenoxy) is 1. The summed E-state index contributed by atoms with van der Waals surface area (Å²) in [6, 6.07) is 0.194. The Morgan fingerprint density at radius 3 is 2.83 bits per heavy atom. The van der Waals surface area contributed by atoms with Crippen LogP contribution in [0.4, 0.5) is 4.79 Å². The average molecular weight is 285 g/mol. The Morgan fingerprint density at radius 2 is 2.33 bits per heavy atom. The van der Waals surface area contributed by atoms with Gasteiger partial charge in [-0.3, -0.25) is 0 Å². The molecule has 1 amide bonds. The highest BCUT2D eigenvalue weighted by Crippen LogP contribution is 1.92. The van der Waals surface area contributed by atoms with Crippen molar-refractivity contribution in [1.29, 1.82) is 0 Å². The highest BCUT2D eigenvalue weighted by atomic mass is 127. The lowest BCUT2D eigenvalue weighted by atomic mass is 10.4. The number of hydrogen-bond donors (Lipinski definition) is 1. The van der Waals surface area contributed by atoms with Crippen molar-refractivity contribution in [1.82, 2.24) is 5.32 Å². The number of nitrogens with one attached hydrogen (secondary N) is 1. The molecular formula is C8H16INO2. The van der Waals surface area contributed by atoms with Crippen molar-refractivity contribution in [3.63, 3.8) is 0 Å². The van der Waals surface area contributed by atoms with Crippen molar-refractivity contribution in [2.45, 2.75) is 32.7 Å². The van der Waals surface area contributed by atoms with E-state index in [4.69, 9.17) is 4.74 Å². The zero-order valence-corrected chi connectivity index (χ0v) is 9.76. The highest BCUT2D eigenvalue weighted by molar-refractivity contribution is 14.1. The maximum absolute atomic E-state index is 11.0. The molecule has 0 aromatic carbocycles. The second-order valence-electron chi connectivity index (χ2n) is 2.69. The molecule has 0 unspecified atom stereocenters. The number of hydrogen-bond acceptors (Lipinski definition) is 2. The summed E-state index contributed by atoms with van der Waals surface area (Å²) in [6.07, 6.45) is 1.69. The summed E-state index contributed by atoms with van der Waals surface area (Å²) in [4.78, 5) is 11.0. The molecule has 3 nitrogen and oxygen atoms in total. The van der Waals surface area contributed by atoms with E-state index in [-0.39, 0.29) is 12.1 Å². The van der Waals surface area contributed by atoms with Crippen LogP contribution in [-0.2, 0) is 4.74 Å². The van der Waals surface area contributed by atoms with E-state index in [0.29, 0.717) is 6.61 Å². The summed E-state index contributed by atoms with van der Waals surface area (Å²) >= 11 is 2.22. The number of unbranched alkanes of at least 4 members (excludes halogenated alkanes) is 1. The smallest absolute Gasteiger partial charge is 0.407 e. The lowest BCUT2D eigenvalue weighted by molar-refractivity contribution is 0.142.